The summed E-state index contributed by atoms with van der Waals surface area (Å²) in [6.07, 6.45) is 3.14. The number of carbonyl (C=O) groups excluding carboxylic acids is 2. The molecule has 15 nitrogen and oxygen atoms in total. The summed E-state index contributed by atoms with van der Waals surface area (Å²) in [5.74, 6) is 0.231. The molecular weight excluding hydrogens is 620 g/mol. The number of nitrogens with zero attached hydrogens (tertiary/aromatic N) is 7. The highest BCUT2D eigenvalue weighted by Crippen LogP contribution is 2.32. The number of aromatic amines is 1. The number of rotatable bonds is 15. The number of hydrogen-bond acceptors (Lipinski definition) is 11. The molecule has 2 aromatic carbocycles. The number of hydrogen-bond donors (Lipinski definition) is 2. The first-order chi connectivity index (χ1) is 23.1. The molecule has 1 amide bonds. The second-order valence-corrected chi connectivity index (χ2v) is 12.2. The van der Waals surface area contributed by atoms with Crippen molar-refractivity contribution in [1.29, 1.82) is 0 Å². The van der Waals surface area contributed by atoms with Crippen molar-refractivity contribution in [3.05, 3.63) is 81.4 Å². The number of ether oxygens (including phenoxy) is 1. The molecule has 0 bridgehead atoms. The van der Waals surface area contributed by atoms with Gasteiger partial charge in [-0.3, -0.25) is 4.79 Å². The Morgan fingerprint density at radius 2 is 1.83 bits per heavy atom. The fraction of sp³-hybridized carbons (Fsp3) is 0.455. The Morgan fingerprint density at radius 1 is 1.10 bits per heavy atom. The first-order valence-electron chi connectivity index (χ1n) is 16.1. The monoisotopic (exact) mass is 660 g/mol. The predicted molar refractivity (Wildman–Crippen MR) is 173 cm³/mol. The van der Waals surface area contributed by atoms with E-state index in [9.17, 15) is 24.8 Å². The van der Waals surface area contributed by atoms with Gasteiger partial charge in [0, 0.05) is 25.1 Å². The lowest BCUT2D eigenvalue weighted by atomic mass is 9.98. The number of esters is 1. The van der Waals surface area contributed by atoms with Crippen LogP contribution in [-0.4, -0.2) is 82.9 Å². The van der Waals surface area contributed by atoms with Crippen molar-refractivity contribution in [3.8, 4) is 22.5 Å². The largest absolute Gasteiger partial charge is 0.464 e. The smallest absolute Gasteiger partial charge is 0.328 e. The highest BCUT2D eigenvalue weighted by atomic mass is 16.9. The standard InChI is InChI=1S/C33H40N8O7/c1-4-10-27-34-29(33(2,3)44)28(31(42)39-18-9-13-26(39)32(43)47-19-7-8-20-48-41(45)46)40(27)21-22-14-16-23(17-15-22)24-11-5-6-12-25(24)30-35-37-38-36-30/h5-6,11-12,14-17,26,44H,4,7-10,13,18-21H2,1-3H3,(H,35,36,37,38)/t26-/m0/s1. The maximum atomic E-state index is 14.4. The molecular formula is C33H40N8O7. The fourth-order valence-corrected chi connectivity index (χ4v) is 5.91. The number of imidazole rings is 1. The summed E-state index contributed by atoms with van der Waals surface area (Å²) < 4.78 is 7.31. The molecule has 48 heavy (non-hydrogen) atoms. The lowest BCUT2D eigenvalue weighted by Crippen LogP contribution is -2.43. The van der Waals surface area contributed by atoms with Gasteiger partial charge < -0.3 is 24.1 Å². The first-order valence-corrected chi connectivity index (χ1v) is 16.1. The average molecular weight is 661 g/mol. The van der Waals surface area contributed by atoms with Crippen molar-refractivity contribution in [2.45, 2.75) is 77.5 Å². The average Bonchev–Trinajstić information content (AvgIpc) is 3.84. The number of aryl methyl sites for hydroxylation is 1. The van der Waals surface area contributed by atoms with E-state index < -0.39 is 28.6 Å². The molecule has 1 atom stereocenters. The van der Waals surface area contributed by atoms with Crippen LogP contribution in [0.5, 0.6) is 0 Å². The van der Waals surface area contributed by atoms with Crippen LogP contribution >= 0.6 is 0 Å². The first kappa shape index (κ1) is 34.2. The number of likely N-dealkylation sites (tertiary alicyclic amines) is 1. The summed E-state index contributed by atoms with van der Waals surface area (Å²) in [6.45, 7) is 5.86. The van der Waals surface area contributed by atoms with E-state index in [0.29, 0.717) is 56.8 Å². The number of aliphatic hydroxyl groups is 1. The van der Waals surface area contributed by atoms with Crippen LogP contribution in [0.25, 0.3) is 22.5 Å². The minimum Gasteiger partial charge on any atom is -0.464 e. The molecule has 2 aromatic heterocycles. The van der Waals surface area contributed by atoms with Gasteiger partial charge in [0.2, 0.25) is 5.82 Å². The lowest BCUT2D eigenvalue weighted by molar-refractivity contribution is -0.757. The second kappa shape index (κ2) is 15.2. The number of aromatic nitrogens is 6. The number of nitrogens with one attached hydrogen (secondary N) is 1. The zero-order chi connectivity index (χ0) is 34.3. The molecule has 1 aliphatic rings. The van der Waals surface area contributed by atoms with Gasteiger partial charge in [-0.05, 0) is 67.9 Å². The topological polar surface area (TPSA) is 191 Å². The zero-order valence-corrected chi connectivity index (χ0v) is 27.3. The molecule has 0 radical (unpaired) electrons. The van der Waals surface area contributed by atoms with E-state index in [-0.39, 0.29) is 24.6 Å². The minimum absolute atomic E-state index is 0.0571. The van der Waals surface area contributed by atoms with E-state index in [1.165, 1.54) is 4.90 Å². The number of unbranched alkanes of at least 4 members (excludes halogenated alkanes) is 1. The van der Waals surface area contributed by atoms with E-state index in [0.717, 1.165) is 28.7 Å². The van der Waals surface area contributed by atoms with Crippen molar-refractivity contribution in [1.82, 2.24) is 35.1 Å². The molecule has 0 aliphatic carbocycles. The van der Waals surface area contributed by atoms with Crippen LogP contribution in [0.1, 0.15) is 80.4 Å². The van der Waals surface area contributed by atoms with Crippen molar-refractivity contribution >= 4 is 11.9 Å². The molecule has 15 heteroatoms. The van der Waals surface area contributed by atoms with Gasteiger partial charge >= 0.3 is 5.97 Å². The molecule has 1 aliphatic heterocycles. The van der Waals surface area contributed by atoms with Crippen LogP contribution in [0.15, 0.2) is 48.5 Å². The van der Waals surface area contributed by atoms with Crippen molar-refractivity contribution in [2.24, 2.45) is 0 Å². The molecule has 0 spiro atoms. The van der Waals surface area contributed by atoms with E-state index in [1.807, 2.05) is 60.0 Å². The van der Waals surface area contributed by atoms with Gasteiger partial charge in [-0.1, -0.05) is 55.5 Å². The SMILES string of the molecule is CCCc1nc(C(C)(C)O)c(C(=O)N2CCC[C@H]2C(=O)OCCCCO[N+](=O)[O-])n1Cc1ccc(-c2ccccc2-c2nn[nH]n2)cc1. The molecule has 5 rings (SSSR count). The summed E-state index contributed by atoms with van der Waals surface area (Å²) in [7, 11) is 0. The van der Waals surface area contributed by atoms with Crippen LogP contribution in [0.2, 0.25) is 0 Å². The number of tetrazole rings is 1. The maximum Gasteiger partial charge on any atom is 0.328 e. The van der Waals surface area contributed by atoms with Crippen LogP contribution in [0.4, 0.5) is 0 Å². The zero-order valence-electron chi connectivity index (χ0n) is 27.3. The van der Waals surface area contributed by atoms with E-state index in [1.54, 1.807) is 13.8 Å². The molecule has 3 heterocycles. The molecule has 1 fully saturated rings. The highest BCUT2D eigenvalue weighted by molar-refractivity contribution is 5.97. The van der Waals surface area contributed by atoms with Crippen LogP contribution in [0.3, 0.4) is 0 Å². The quantitative estimate of drug-likeness (QED) is 0.0808. The second-order valence-electron chi connectivity index (χ2n) is 12.2. The summed E-state index contributed by atoms with van der Waals surface area (Å²) in [6, 6.07) is 15.0. The molecule has 1 saturated heterocycles. The number of H-pyrrole nitrogens is 1. The van der Waals surface area contributed by atoms with E-state index in [2.05, 4.69) is 25.5 Å². The van der Waals surface area contributed by atoms with Crippen LogP contribution in [-0.2, 0) is 32.9 Å². The molecule has 0 saturated carbocycles. The lowest BCUT2D eigenvalue weighted by Gasteiger charge is -2.26. The number of amides is 1. The molecule has 0 unspecified atom stereocenters. The Hall–Kier alpha value is -5.18. The third kappa shape index (κ3) is 7.85. The highest BCUT2D eigenvalue weighted by Gasteiger charge is 2.40. The van der Waals surface area contributed by atoms with Crippen LogP contribution in [0, 0.1) is 10.1 Å². The van der Waals surface area contributed by atoms with E-state index >= 15 is 0 Å². The summed E-state index contributed by atoms with van der Waals surface area (Å²) in [5.41, 5.74) is 2.72. The number of carbonyl (C=O) groups is 2. The van der Waals surface area contributed by atoms with Gasteiger partial charge in [0.05, 0.1) is 13.2 Å². The molecule has 2 N–H and O–H groups in total. The molecule has 254 valence electrons. The van der Waals surface area contributed by atoms with Gasteiger partial charge in [-0.2, -0.15) is 5.21 Å². The van der Waals surface area contributed by atoms with Gasteiger partial charge in [-0.15, -0.1) is 20.3 Å². The van der Waals surface area contributed by atoms with Gasteiger partial charge in [0.1, 0.15) is 28.9 Å². The van der Waals surface area contributed by atoms with Gasteiger partial charge in [-0.25, -0.2) is 9.78 Å². The third-order valence-corrected chi connectivity index (χ3v) is 8.19. The Morgan fingerprint density at radius 3 is 2.50 bits per heavy atom. The summed E-state index contributed by atoms with van der Waals surface area (Å²) in [4.78, 5) is 48.4. The minimum atomic E-state index is -1.43. The van der Waals surface area contributed by atoms with Gasteiger partial charge in [0.15, 0.2) is 0 Å². The Bertz CT molecular complexity index is 1710. The van der Waals surface area contributed by atoms with Crippen molar-refractivity contribution in [3.63, 3.8) is 0 Å². The Balaban J connectivity index is 1.40. The van der Waals surface area contributed by atoms with Crippen molar-refractivity contribution < 1.29 is 29.4 Å². The predicted octanol–water partition coefficient (Wildman–Crippen LogP) is 4.09. The van der Waals surface area contributed by atoms with Crippen LogP contribution < -0.4 is 0 Å². The Kier molecular flexibility index (Phi) is 10.8. The molecule has 4 aromatic rings. The summed E-state index contributed by atoms with van der Waals surface area (Å²) in [5, 5.41) is 35.1. The Labute approximate surface area is 277 Å². The number of benzene rings is 2. The van der Waals surface area contributed by atoms with Crippen molar-refractivity contribution in [2.75, 3.05) is 19.8 Å². The maximum absolute atomic E-state index is 14.4. The third-order valence-electron chi connectivity index (χ3n) is 8.19. The van der Waals surface area contributed by atoms with Gasteiger partial charge in [0.25, 0.3) is 11.0 Å². The normalized spacial score (nSPS) is 14.7. The van der Waals surface area contributed by atoms with E-state index in [4.69, 9.17) is 9.72 Å². The fourth-order valence-electron chi connectivity index (χ4n) is 5.91. The summed E-state index contributed by atoms with van der Waals surface area (Å²) >= 11 is 0.